The summed E-state index contributed by atoms with van der Waals surface area (Å²) in [4.78, 5) is 43.5. The second kappa shape index (κ2) is 12.3. The van der Waals surface area contributed by atoms with Crippen molar-refractivity contribution in [2.45, 2.75) is 84.2 Å². The van der Waals surface area contributed by atoms with Crippen molar-refractivity contribution in [3.8, 4) is 0 Å². The molecule has 2 aromatic rings. The van der Waals surface area contributed by atoms with E-state index in [1.807, 2.05) is 0 Å². The lowest BCUT2D eigenvalue weighted by molar-refractivity contribution is -0.152. The van der Waals surface area contributed by atoms with Crippen LogP contribution in [0.4, 0.5) is 13.2 Å². The van der Waals surface area contributed by atoms with Crippen molar-refractivity contribution < 1.29 is 37.4 Å². The molecule has 1 aliphatic rings. The number of alkyl halides is 3. The zero-order valence-corrected chi connectivity index (χ0v) is 24.9. The van der Waals surface area contributed by atoms with Gasteiger partial charge in [-0.1, -0.05) is 23.2 Å². The Balaban J connectivity index is 2.01. The van der Waals surface area contributed by atoms with Crippen LogP contribution in [0.1, 0.15) is 92.8 Å². The van der Waals surface area contributed by atoms with Gasteiger partial charge >= 0.3 is 12.1 Å². The Morgan fingerprint density at radius 2 is 1.71 bits per heavy atom. The maximum atomic E-state index is 14.5. The molecule has 3 rings (SSSR count). The van der Waals surface area contributed by atoms with Crippen LogP contribution in [0.25, 0.3) is 0 Å². The molecule has 1 atom stereocenters. The van der Waals surface area contributed by atoms with Gasteiger partial charge in [-0.05, 0) is 60.3 Å². The number of nitrogens with zero attached hydrogens (tertiary/aromatic N) is 4. The highest BCUT2D eigenvalue weighted by Crippen LogP contribution is 2.43. The van der Waals surface area contributed by atoms with Gasteiger partial charge in [0.25, 0.3) is 5.91 Å². The number of rotatable bonds is 9. The van der Waals surface area contributed by atoms with Gasteiger partial charge in [-0.25, -0.2) is 0 Å². The number of amides is 1. The van der Waals surface area contributed by atoms with E-state index in [0.29, 0.717) is 0 Å². The first-order chi connectivity index (χ1) is 18.9. The smallest absolute Gasteiger partial charge is 0.433 e. The molecule has 1 N–H and O–H groups in total. The molecule has 14 heteroatoms. The van der Waals surface area contributed by atoms with Crippen LogP contribution in [0.15, 0.2) is 18.6 Å². The van der Waals surface area contributed by atoms with Crippen LogP contribution < -0.4 is 0 Å². The Morgan fingerprint density at radius 1 is 1.15 bits per heavy atom. The van der Waals surface area contributed by atoms with Gasteiger partial charge in [0, 0.05) is 12.4 Å². The topological polar surface area (TPSA) is 115 Å². The van der Waals surface area contributed by atoms with Gasteiger partial charge in [0.15, 0.2) is 11.5 Å². The van der Waals surface area contributed by atoms with E-state index in [9.17, 15) is 32.7 Å². The predicted octanol–water partition coefficient (Wildman–Crippen LogP) is 6.34. The Hall–Kier alpha value is -2.70. The van der Waals surface area contributed by atoms with Crippen LogP contribution in [0.2, 0.25) is 10.0 Å². The summed E-state index contributed by atoms with van der Waals surface area (Å²) in [5.74, 6) is -2.78. The molecule has 1 unspecified atom stereocenters. The van der Waals surface area contributed by atoms with Crippen molar-refractivity contribution in [2.75, 3.05) is 13.2 Å². The van der Waals surface area contributed by atoms with Crippen molar-refractivity contribution in [2.24, 2.45) is 5.41 Å². The van der Waals surface area contributed by atoms with Crippen LogP contribution in [0.3, 0.4) is 0 Å². The van der Waals surface area contributed by atoms with E-state index >= 15 is 0 Å². The summed E-state index contributed by atoms with van der Waals surface area (Å²) < 4.78 is 50.0. The molecule has 2 heterocycles. The van der Waals surface area contributed by atoms with Gasteiger partial charge in [-0.15, -0.1) is 0 Å². The Labute approximate surface area is 245 Å². The largest absolute Gasteiger partial charge is 0.481 e. The maximum Gasteiger partial charge on any atom is 0.433 e. The van der Waals surface area contributed by atoms with E-state index in [2.05, 4.69) is 10.1 Å². The van der Waals surface area contributed by atoms with Crippen molar-refractivity contribution >= 4 is 40.9 Å². The van der Waals surface area contributed by atoms with Crippen molar-refractivity contribution in [3.05, 3.63) is 45.5 Å². The maximum absolute atomic E-state index is 14.5. The summed E-state index contributed by atoms with van der Waals surface area (Å²) in [5, 5.41) is 13.3. The van der Waals surface area contributed by atoms with Crippen LogP contribution in [-0.4, -0.2) is 67.2 Å². The quantitative estimate of drug-likeness (QED) is 0.325. The molecule has 0 bridgehead atoms. The zero-order chi connectivity index (χ0) is 30.9. The van der Waals surface area contributed by atoms with E-state index in [0.717, 1.165) is 15.8 Å². The highest BCUT2D eigenvalue weighted by atomic mass is 35.5. The molecule has 0 saturated heterocycles. The van der Waals surface area contributed by atoms with Crippen LogP contribution >= 0.6 is 23.2 Å². The van der Waals surface area contributed by atoms with Gasteiger partial charge in [-0.3, -0.25) is 24.0 Å². The number of aromatic nitrogens is 3. The van der Waals surface area contributed by atoms with Crippen molar-refractivity contribution in [1.82, 2.24) is 19.7 Å². The number of halogens is 5. The first-order valence-corrected chi connectivity index (χ1v) is 13.8. The average molecular weight is 621 g/mol. The Morgan fingerprint density at radius 3 is 2.20 bits per heavy atom. The fourth-order valence-electron chi connectivity index (χ4n) is 4.73. The molecule has 1 aliphatic carbocycles. The summed E-state index contributed by atoms with van der Waals surface area (Å²) in [6, 6.07) is -1.59. The van der Waals surface area contributed by atoms with Gasteiger partial charge < -0.3 is 14.7 Å². The molecule has 0 radical (unpaired) electrons. The molecule has 0 spiro atoms. The molecule has 226 valence electrons. The summed E-state index contributed by atoms with van der Waals surface area (Å²) in [6.45, 7) is 7.73. The number of carboxylic acid groups (broad SMARTS) is 1. The summed E-state index contributed by atoms with van der Waals surface area (Å²) in [5.41, 5.74) is -3.77. The molecule has 1 fully saturated rings. The molecule has 41 heavy (non-hydrogen) atoms. The number of pyridine rings is 1. The van der Waals surface area contributed by atoms with Crippen molar-refractivity contribution in [1.29, 1.82) is 0 Å². The number of ketones is 1. The Kier molecular flexibility index (Phi) is 9.82. The van der Waals surface area contributed by atoms with Crippen LogP contribution in [0.5, 0.6) is 0 Å². The number of hydrogen-bond donors (Lipinski definition) is 1. The molecule has 1 amide bonds. The fourth-order valence-corrected chi connectivity index (χ4v) is 5.31. The molecule has 0 aromatic carbocycles. The standard InChI is InChI=1S/C27H33Cl2F3N4O5/c1-15(14-41-25(2,3)4)35(13-20(37)21-18(28)11-33-12-19(21)29)23(38)17-10-34-36(22(17)27(30,31)32)16-6-8-26(5,9-7-16)24(39)40/h10-12,15-16H,6-9,13-14H2,1-5H3,(H,39,40)/t15?,16-,26-. The minimum Gasteiger partial charge on any atom is -0.481 e. The number of Topliss-reactive ketones (excluding diaryl/α,β-unsaturated/α-hetero) is 1. The number of aliphatic carboxylic acids is 1. The minimum absolute atomic E-state index is 0.0667. The molecular formula is C27H33Cl2F3N4O5. The predicted molar refractivity (Wildman–Crippen MR) is 145 cm³/mol. The van der Waals surface area contributed by atoms with Gasteiger partial charge in [0.2, 0.25) is 0 Å². The average Bonchev–Trinajstić information content (AvgIpc) is 3.31. The van der Waals surface area contributed by atoms with E-state index < -0.39 is 64.7 Å². The monoisotopic (exact) mass is 620 g/mol. The third-order valence-corrected chi connectivity index (χ3v) is 7.79. The van der Waals surface area contributed by atoms with Gasteiger partial charge in [0.1, 0.15) is 0 Å². The first kappa shape index (κ1) is 32.8. The van der Waals surface area contributed by atoms with Crippen molar-refractivity contribution in [3.63, 3.8) is 0 Å². The number of carbonyl (C=O) groups excluding carboxylic acids is 2. The molecule has 9 nitrogen and oxygen atoms in total. The highest BCUT2D eigenvalue weighted by molar-refractivity contribution is 6.39. The normalized spacial score (nSPS) is 20.5. The third kappa shape index (κ3) is 7.58. The van der Waals surface area contributed by atoms with Gasteiger partial charge in [0.05, 0.1) is 63.6 Å². The Bertz CT molecular complexity index is 1280. The molecule has 2 aromatic heterocycles. The minimum atomic E-state index is -4.96. The van der Waals surface area contributed by atoms with Crippen LogP contribution in [-0.2, 0) is 15.7 Å². The number of carbonyl (C=O) groups is 3. The molecule has 0 aliphatic heterocycles. The fraction of sp³-hybridized carbons (Fsp3) is 0.593. The highest BCUT2D eigenvalue weighted by Gasteiger charge is 2.45. The van der Waals surface area contributed by atoms with Gasteiger partial charge in [-0.2, -0.15) is 18.3 Å². The lowest BCUT2D eigenvalue weighted by Gasteiger charge is -2.35. The van der Waals surface area contributed by atoms with E-state index in [1.165, 1.54) is 12.4 Å². The zero-order valence-electron chi connectivity index (χ0n) is 23.4. The molecular weight excluding hydrogens is 588 g/mol. The summed E-state index contributed by atoms with van der Waals surface area (Å²) in [6.07, 6.45) is -1.14. The lowest BCUT2D eigenvalue weighted by Crippen LogP contribution is -2.46. The van der Waals surface area contributed by atoms with E-state index in [4.69, 9.17) is 27.9 Å². The summed E-state index contributed by atoms with van der Waals surface area (Å²) in [7, 11) is 0. The second-order valence-electron chi connectivity index (χ2n) is 11.6. The van der Waals surface area contributed by atoms with Crippen LogP contribution in [0, 0.1) is 5.41 Å². The number of carboxylic acids is 1. The lowest BCUT2D eigenvalue weighted by atomic mass is 9.74. The summed E-state index contributed by atoms with van der Waals surface area (Å²) >= 11 is 12.2. The first-order valence-electron chi connectivity index (χ1n) is 13.0. The van der Waals surface area contributed by atoms with E-state index in [-0.39, 0.29) is 47.9 Å². The second-order valence-corrected chi connectivity index (χ2v) is 12.4. The van der Waals surface area contributed by atoms with E-state index in [1.54, 1.807) is 34.6 Å². The molecule has 1 saturated carbocycles. The SMILES string of the molecule is CC(COC(C)(C)C)N(CC(=O)c1c(Cl)cncc1Cl)C(=O)c1cnn([C@H]2CC[C@](C)(C(=O)O)CC2)c1C(F)(F)F. The number of hydrogen-bond acceptors (Lipinski definition) is 6. The third-order valence-electron chi connectivity index (χ3n) is 7.21. The number of ether oxygens (including phenoxy) is 1.